The Hall–Kier alpha value is -0.0800. The molecule has 0 aromatic heterocycles. The van der Waals surface area contributed by atoms with Crippen LogP contribution in [0.4, 0.5) is 0 Å². The second-order valence-electron chi connectivity index (χ2n) is 5.92. The summed E-state index contributed by atoms with van der Waals surface area (Å²) in [5, 5.41) is 0. The second kappa shape index (κ2) is 2.29. The Morgan fingerprint density at radius 3 is 2.00 bits per heavy atom. The van der Waals surface area contributed by atoms with Gasteiger partial charge in [0.2, 0.25) is 0 Å². The molecular formula is C11H20N2. The quantitative estimate of drug-likeness (QED) is 0.586. The smallest absolute Gasteiger partial charge is 0.0122 e. The van der Waals surface area contributed by atoms with Gasteiger partial charge in [0.05, 0.1) is 0 Å². The van der Waals surface area contributed by atoms with Gasteiger partial charge in [0.1, 0.15) is 0 Å². The third-order valence-electron chi connectivity index (χ3n) is 5.07. The van der Waals surface area contributed by atoms with Gasteiger partial charge in [-0.25, -0.2) is 0 Å². The summed E-state index contributed by atoms with van der Waals surface area (Å²) in [6.45, 7) is 2.38. The van der Waals surface area contributed by atoms with Crippen molar-refractivity contribution in [3.63, 3.8) is 0 Å². The van der Waals surface area contributed by atoms with Crippen LogP contribution in [-0.2, 0) is 0 Å². The third-order valence-corrected chi connectivity index (χ3v) is 5.07. The second-order valence-corrected chi connectivity index (χ2v) is 5.92. The van der Waals surface area contributed by atoms with E-state index in [9.17, 15) is 0 Å². The molecule has 3 unspecified atom stereocenters. The lowest BCUT2D eigenvalue weighted by atomic mass is 9.47. The molecule has 4 aliphatic rings. The van der Waals surface area contributed by atoms with Crippen LogP contribution in [0.2, 0.25) is 0 Å². The molecule has 2 heteroatoms. The van der Waals surface area contributed by atoms with Gasteiger partial charge >= 0.3 is 0 Å². The zero-order valence-corrected chi connectivity index (χ0v) is 8.37. The summed E-state index contributed by atoms with van der Waals surface area (Å²) in [7, 11) is 0. The van der Waals surface area contributed by atoms with Crippen molar-refractivity contribution >= 4 is 0 Å². The fourth-order valence-electron chi connectivity index (χ4n) is 4.43. The first-order chi connectivity index (χ1) is 6.10. The molecule has 4 N–H and O–H groups in total. The van der Waals surface area contributed by atoms with E-state index in [0.29, 0.717) is 17.5 Å². The summed E-state index contributed by atoms with van der Waals surface area (Å²) in [5.41, 5.74) is 13.0. The maximum absolute atomic E-state index is 6.31. The fourth-order valence-corrected chi connectivity index (χ4v) is 4.43. The molecule has 74 valence electrons. The average molecular weight is 180 g/mol. The molecule has 0 amide bonds. The normalized spacial score (nSPS) is 64.4. The molecule has 0 radical (unpaired) electrons. The van der Waals surface area contributed by atoms with E-state index in [1.165, 1.54) is 25.7 Å². The van der Waals surface area contributed by atoms with E-state index in [2.05, 4.69) is 6.92 Å². The van der Waals surface area contributed by atoms with Crippen LogP contribution < -0.4 is 11.5 Å². The highest BCUT2D eigenvalue weighted by Gasteiger charge is 2.56. The van der Waals surface area contributed by atoms with E-state index in [1.807, 2.05) is 0 Å². The van der Waals surface area contributed by atoms with Crippen LogP contribution in [0.25, 0.3) is 0 Å². The van der Waals surface area contributed by atoms with Gasteiger partial charge in [-0.15, -0.1) is 0 Å². The first-order valence-electron chi connectivity index (χ1n) is 5.61. The van der Waals surface area contributed by atoms with Crippen LogP contribution >= 0.6 is 0 Å². The Kier molecular flexibility index (Phi) is 1.45. The van der Waals surface area contributed by atoms with E-state index < -0.39 is 0 Å². The molecule has 0 aliphatic heterocycles. The predicted octanol–water partition coefficient (Wildman–Crippen LogP) is 1.10. The lowest BCUT2D eigenvalue weighted by Crippen LogP contribution is -2.64. The summed E-state index contributed by atoms with van der Waals surface area (Å²) < 4.78 is 0. The minimum absolute atomic E-state index is 0.437. The van der Waals surface area contributed by atoms with Crippen molar-refractivity contribution in [3.05, 3.63) is 0 Å². The van der Waals surface area contributed by atoms with Crippen LogP contribution in [0.5, 0.6) is 0 Å². The highest BCUT2D eigenvalue weighted by atomic mass is 14.8. The topological polar surface area (TPSA) is 52.0 Å². The van der Waals surface area contributed by atoms with Crippen molar-refractivity contribution in [3.8, 4) is 0 Å². The molecule has 0 heterocycles. The lowest BCUT2D eigenvalue weighted by molar-refractivity contribution is -0.0741. The molecule has 4 saturated carbocycles. The van der Waals surface area contributed by atoms with Gasteiger partial charge < -0.3 is 11.5 Å². The number of rotatable bonds is 0. The Morgan fingerprint density at radius 2 is 1.54 bits per heavy atom. The summed E-state index contributed by atoms with van der Waals surface area (Å²) in [6.07, 6.45) is 5.22. The average Bonchev–Trinajstić information content (AvgIpc) is 2.05. The van der Waals surface area contributed by atoms with Gasteiger partial charge in [0, 0.05) is 12.1 Å². The van der Waals surface area contributed by atoms with Crippen molar-refractivity contribution in [1.82, 2.24) is 0 Å². The molecule has 3 atom stereocenters. The molecule has 13 heavy (non-hydrogen) atoms. The van der Waals surface area contributed by atoms with Gasteiger partial charge in [-0.05, 0) is 48.9 Å². The Bertz CT molecular complexity index is 222. The zero-order chi connectivity index (χ0) is 9.22. The van der Waals surface area contributed by atoms with Crippen LogP contribution in [0, 0.1) is 23.2 Å². The Balaban J connectivity index is 1.97. The monoisotopic (exact) mass is 180 g/mol. The molecule has 4 fully saturated rings. The van der Waals surface area contributed by atoms with E-state index in [4.69, 9.17) is 11.5 Å². The fraction of sp³-hybridized carbons (Fsp3) is 1.00. The summed E-state index contributed by atoms with van der Waals surface area (Å²) in [6, 6.07) is 0.962. The van der Waals surface area contributed by atoms with Crippen molar-refractivity contribution < 1.29 is 0 Å². The predicted molar refractivity (Wildman–Crippen MR) is 53.0 cm³/mol. The summed E-state index contributed by atoms with van der Waals surface area (Å²) in [4.78, 5) is 0. The molecule has 0 spiro atoms. The minimum Gasteiger partial charge on any atom is -0.327 e. The van der Waals surface area contributed by atoms with Crippen molar-refractivity contribution in [1.29, 1.82) is 0 Å². The lowest BCUT2D eigenvalue weighted by Gasteiger charge is -2.61. The minimum atomic E-state index is 0.437. The molecular weight excluding hydrogens is 160 g/mol. The molecule has 0 saturated heterocycles. The molecule has 4 rings (SSSR count). The number of hydrogen-bond donors (Lipinski definition) is 2. The summed E-state index contributed by atoms with van der Waals surface area (Å²) >= 11 is 0. The number of nitrogens with two attached hydrogens (primary N) is 2. The van der Waals surface area contributed by atoms with Gasteiger partial charge in [-0.3, -0.25) is 0 Å². The van der Waals surface area contributed by atoms with Crippen LogP contribution in [0.3, 0.4) is 0 Å². The van der Waals surface area contributed by atoms with E-state index in [0.717, 1.165) is 17.8 Å². The largest absolute Gasteiger partial charge is 0.327 e. The first-order valence-corrected chi connectivity index (χ1v) is 5.61. The van der Waals surface area contributed by atoms with E-state index >= 15 is 0 Å². The first kappa shape index (κ1) is 8.25. The molecule has 0 aromatic carbocycles. The van der Waals surface area contributed by atoms with Gasteiger partial charge in [-0.2, -0.15) is 0 Å². The van der Waals surface area contributed by atoms with Gasteiger partial charge in [0.15, 0.2) is 0 Å². The van der Waals surface area contributed by atoms with Crippen molar-refractivity contribution in [2.75, 3.05) is 0 Å². The van der Waals surface area contributed by atoms with Crippen LogP contribution in [0.1, 0.15) is 32.6 Å². The molecule has 0 aromatic rings. The third kappa shape index (κ3) is 0.909. The highest BCUT2D eigenvalue weighted by Crippen LogP contribution is 2.58. The Morgan fingerprint density at radius 1 is 1.00 bits per heavy atom. The van der Waals surface area contributed by atoms with Gasteiger partial charge in [-0.1, -0.05) is 6.92 Å². The van der Waals surface area contributed by atoms with Crippen molar-refractivity contribution in [2.24, 2.45) is 34.6 Å². The number of hydrogen-bond acceptors (Lipinski definition) is 2. The standard InChI is InChI=1S/C11H20N2/c1-11-4-7-2-6(10(11)13)3-8(5-11)9(7)12/h6-10H,2-5,12-13H2,1H3. The maximum Gasteiger partial charge on any atom is 0.0122 e. The SMILES string of the molecule is CC12CC3CC(CC(C1)C3N)C2N. The molecule has 4 bridgehead atoms. The van der Waals surface area contributed by atoms with E-state index in [1.54, 1.807) is 0 Å². The Labute approximate surface area is 80.1 Å². The maximum atomic E-state index is 6.31. The van der Waals surface area contributed by atoms with Crippen molar-refractivity contribution in [2.45, 2.75) is 44.7 Å². The zero-order valence-electron chi connectivity index (χ0n) is 8.37. The van der Waals surface area contributed by atoms with E-state index in [-0.39, 0.29) is 0 Å². The van der Waals surface area contributed by atoms with Crippen LogP contribution in [0.15, 0.2) is 0 Å². The molecule has 4 aliphatic carbocycles. The van der Waals surface area contributed by atoms with Gasteiger partial charge in [0.25, 0.3) is 0 Å². The summed E-state index contributed by atoms with van der Waals surface area (Å²) in [5.74, 6) is 2.38. The van der Waals surface area contributed by atoms with Crippen LogP contribution in [-0.4, -0.2) is 12.1 Å². The highest BCUT2D eigenvalue weighted by molar-refractivity contribution is 5.10. The molecule has 2 nitrogen and oxygen atoms in total.